The molecule has 0 aliphatic carbocycles. The van der Waals surface area contributed by atoms with E-state index in [4.69, 9.17) is 5.26 Å². The molecule has 0 heterocycles. The van der Waals surface area contributed by atoms with Gasteiger partial charge in [0.2, 0.25) is 0 Å². The van der Waals surface area contributed by atoms with Crippen LogP contribution in [0, 0.1) is 27.3 Å². The normalized spacial score (nSPS) is 10.7. The first kappa shape index (κ1) is 15.9. The zero-order chi connectivity index (χ0) is 16.8. The minimum Gasteiger partial charge on any atom is -0.321 e. The first-order chi connectivity index (χ1) is 11.0. The molecule has 1 amide bonds. The fourth-order valence-corrected chi connectivity index (χ4v) is 1.77. The van der Waals surface area contributed by atoms with Gasteiger partial charge in [-0.05, 0) is 29.8 Å². The number of halogens is 1. The molecule has 0 bridgehead atoms. The molecule has 0 aromatic heterocycles. The third-order valence-corrected chi connectivity index (χ3v) is 2.86. The molecule has 23 heavy (non-hydrogen) atoms. The maximum absolute atomic E-state index is 12.8. The summed E-state index contributed by atoms with van der Waals surface area (Å²) >= 11 is 0. The average molecular weight is 311 g/mol. The van der Waals surface area contributed by atoms with Crippen molar-refractivity contribution in [2.45, 2.75) is 0 Å². The number of rotatable bonds is 4. The van der Waals surface area contributed by atoms with Crippen LogP contribution in [0.15, 0.2) is 54.1 Å². The Morgan fingerprint density at radius 1 is 1.26 bits per heavy atom. The molecule has 0 aliphatic heterocycles. The molecule has 2 aromatic carbocycles. The van der Waals surface area contributed by atoms with Crippen LogP contribution in [0.25, 0.3) is 6.08 Å². The maximum Gasteiger partial charge on any atom is 0.271 e. The van der Waals surface area contributed by atoms with Crippen LogP contribution in [0.1, 0.15) is 5.56 Å². The summed E-state index contributed by atoms with van der Waals surface area (Å²) in [5.41, 5.74) is 0.300. The summed E-state index contributed by atoms with van der Waals surface area (Å²) < 4.78 is 12.8. The van der Waals surface area contributed by atoms with E-state index in [1.54, 1.807) is 6.07 Å². The second-order valence-electron chi connectivity index (χ2n) is 4.48. The van der Waals surface area contributed by atoms with Gasteiger partial charge in [0, 0.05) is 17.8 Å². The highest BCUT2D eigenvalue weighted by Crippen LogP contribution is 2.18. The van der Waals surface area contributed by atoms with E-state index in [9.17, 15) is 19.3 Å². The minimum absolute atomic E-state index is 0.177. The van der Waals surface area contributed by atoms with Crippen molar-refractivity contribution < 1.29 is 14.1 Å². The monoisotopic (exact) mass is 311 g/mol. The summed E-state index contributed by atoms with van der Waals surface area (Å²) in [5.74, 6) is -1.14. The van der Waals surface area contributed by atoms with E-state index in [1.165, 1.54) is 54.6 Å². The van der Waals surface area contributed by atoms with E-state index in [1.807, 2.05) is 0 Å². The summed E-state index contributed by atoms with van der Waals surface area (Å²) in [6, 6.07) is 12.4. The molecular weight excluding hydrogens is 301 g/mol. The third kappa shape index (κ3) is 4.22. The number of nitrogens with zero attached hydrogens (tertiary/aromatic N) is 2. The Balaban J connectivity index is 2.21. The van der Waals surface area contributed by atoms with Gasteiger partial charge in [0.25, 0.3) is 11.6 Å². The van der Waals surface area contributed by atoms with Crippen LogP contribution >= 0.6 is 0 Å². The molecule has 0 fully saturated rings. The molecule has 6 nitrogen and oxygen atoms in total. The van der Waals surface area contributed by atoms with Crippen LogP contribution in [0.4, 0.5) is 15.8 Å². The number of nitriles is 1. The predicted octanol–water partition coefficient (Wildman–Crippen LogP) is 3.28. The van der Waals surface area contributed by atoms with Crippen LogP contribution in [0.3, 0.4) is 0 Å². The molecular formula is C16H10FN3O3. The van der Waals surface area contributed by atoms with E-state index >= 15 is 0 Å². The predicted molar refractivity (Wildman–Crippen MR) is 81.7 cm³/mol. The van der Waals surface area contributed by atoms with Gasteiger partial charge in [-0.1, -0.05) is 18.2 Å². The van der Waals surface area contributed by atoms with E-state index < -0.39 is 16.6 Å². The second kappa shape index (κ2) is 6.95. The quantitative estimate of drug-likeness (QED) is 0.405. The van der Waals surface area contributed by atoms with Gasteiger partial charge in [-0.3, -0.25) is 14.9 Å². The second-order valence-corrected chi connectivity index (χ2v) is 4.48. The molecule has 0 atom stereocenters. The summed E-state index contributed by atoms with van der Waals surface area (Å²) in [6.07, 6.45) is 1.30. The fraction of sp³-hybridized carbons (Fsp3) is 0. The molecule has 0 unspecified atom stereocenters. The Labute approximate surface area is 130 Å². The van der Waals surface area contributed by atoms with Gasteiger partial charge in [-0.25, -0.2) is 4.39 Å². The number of hydrogen-bond acceptors (Lipinski definition) is 4. The first-order valence-corrected chi connectivity index (χ1v) is 6.43. The molecule has 1 N–H and O–H groups in total. The number of carbonyl (C=O) groups excluding carboxylic acids is 1. The summed E-state index contributed by atoms with van der Waals surface area (Å²) in [7, 11) is 0. The summed E-state index contributed by atoms with van der Waals surface area (Å²) in [6.45, 7) is 0. The zero-order valence-corrected chi connectivity index (χ0v) is 11.7. The van der Waals surface area contributed by atoms with Crippen LogP contribution < -0.4 is 5.32 Å². The van der Waals surface area contributed by atoms with Crippen molar-refractivity contribution in [2.75, 3.05) is 5.32 Å². The molecule has 7 heteroatoms. The fourth-order valence-electron chi connectivity index (χ4n) is 1.77. The molecule has 114 valence electrons. The number of nitro groups is 1. The summed E-state index contributed by atoms with van der Waals surface area (Å²) in [5, 5.41) is 22.2. The van der Waals surface area contributed by atoms with Crippen molar-refractivity contribution in [3.63, 3.8) is 0 Å². The van der Waals surface area contributed by atoms with Crippen LogP contribution in [-0.4, -0.2) is 10.8 Å². The van der Waals surface area contributed by atoms with E-state index in [0.717, 1.165) is 0 Å². The van der Waals surface area contributed by atoms with Crippen LogP contribution in [0.5, 0.6) is 0 Å². The standard InChI is InChI=1S/C16H10FN3O3/c17-13-6-4-11(5-7-13)8-12(10-18)16(21)19-14-2-1-3-15(9-14)20(22)23/h1-9H,(H,19,21). The highest BCUT2D eigenvalue weighted by Gasteiger charge is 2.12. The highest BCUT2D eigenvalue weighted by molar-refractivity contribution is 6.09. The smallest absolute Gasteiger partial charge is 0.271 e. The van der Waals surface area contributed by atoms with E-state index in [-0.39, 0.29) is 16.9 Å². The van der Waals surface area contributed by atoms with Gasteiger partial charge in [-0.15, -0.1) is 0 Å². The lowest BCUT2D eigenvalue weighted by atomic mass is 10.1. The Morgan fingerprint density at radius 2 is 1.96 bits per heavy atom. The molecule has 0 radical (unpaired) electrons. The zero-order valence-electron chi connectivity index (χ0n) is 11.7. The van der Waals surface area contributed by atoms with E-state index in [0.29, 0.717) is 5.56 Å². The third-order valence-electron chi connectivity index (χ3n) is 2.86. The van der Waals surface area contributed by atoms with Crippen molar-refractivity contribution in [2.24, 2.45) is 0 Å². The van der Waals surface area contributed by atoms with Gasteiger partial charge in [0.1, 0.15) is 17.5 Å². The van der Waals surface area contributed by atoms with Crippen molar-refractivity contribution in [1.82, 2.24) is 0 Å². The van der Waals surface area contributed by atoms with Crippen molar-refractivity contribution in [3.8, 4) is 6.07 Å². The first-order valence-electron chi connectivity index (χ1n) is 6.43. The van der Waals surface area contributed by atoms with E-state index in [2.05, 4.69) is 5.32 Å². The van der Waals surface area contributed by atoms with Gasteiger partial charge in [-0.2, -0.15) is 5.26 Å². The van der Waals surface area contributed by atoms with Crippen molar-refractivity contribution in [3.05, 3.63) is 75.6 Å². The average Bonchev–Trinajstić information content (AvgIpc) is 2.54. The Morgan fingerprint density at radius 3 is 2.57 bits per heavy atom. The van der Waals surface area contributed by atoms with Crippen molar-refractivity contribution in [1.29, 1.82) is 5.26 Å². The number of carbonyl (C=O) groups is 1. The number of anilines is 1. The lowest BCUT2D eigenvalue weighted by Gasteiger charge is -2.04. The van der Waals surface area contributed by atoms with Gasteiger partial charge < -0.3 is 5.32 Å². The Bertz CT molecular complexity index is 823. The highest BCUT2D eigenvalue weighted by atomic mass is 19.1. The van der Waals surface area contributed by atoms with Gasteiger partial charge in [0.05, 0.1) is 4.92 Å². The number of amides is 1. The molecule has 0 saturated carbocycles. The lowest BCUT2D eigenvalue weighted by molar-refractivity contribution is -0.384. The molecule has 2 aromatic rings. The molecule has 0 saturated heterocycles. The number of nitro benzene ring substituents is 1. The SMILES string of the molecule is N#CC(=Cc1ccc(F)cc1)C(=O)Nc1cccc([N+](=O)[O-])c1. The minimum atomic E-state index is -0.711. The number of benzene rings is 2. The Kier molecular flexibility index (Phi) is 4.79. The van der Waals surface area contributed by atoms with Crippen LogP contribution in [0.2, 0.25) is 0 Å². The maximum atomic E-state index is 12.8. The number of nitrogens with one attached hydrogen (secondary N) is 1. The number of non-ortho nitro benzene ring substituents is 1. The summed E-state index contributed by atoms with van der Waals surface area (Å²) in [4.78, 5) is 22.2. The molecule has 0 aliphatic rings. The van der Waals surface area contributed by atoms with Crippen molar-refractivity contribution >= 4 is 23.4 Å². The number of hydrogen-bond donors (Lipinski definition) is 1. The molecule has 0 spiro atoms. The van der Waals surface area contributed by atoms with Gasteiger partial charge >= 0.3 is 0 Å². The topological polar surface area (TPSA) is 96.0 Å². The lowest BCUT2D eigenvalue weighted by Crippen LogP contribution is -2.13. The Hall–Kier alpha value is -3.53. The van der Waals surface area contributed by atoms with Crippen LogP contribution in [-0.2, 0) is 4.79 Å². The van der Waals surface area contributed by atoms with Gasteiger partial charge in [0.15, 0.2) is 0 Å². The largest absolute Gasteiger partial charge is 0.321 e. The molecule has 2 rings (SSSR count).